The summed E-state index contributed by atoms with van der Waals surface area (Å²) < 4.78 is 6.56. The third-order valence-electron chi connectivity index (χ3n) is 3.62. The summed E-state index contributed by atoms with van der Waals surface area (Å²) in [6.07, 6.45) is 0. The van der Waals surface area contributed by atoms with Gasteiger partial charge in [0.15, 0.2) is 0 Å². The molecule has 0 saturated heterocycles. The summed E-state index contributed by atoms with van der Waals surface area (Å²) in [4.78, 5) is 24.9. The van der Waals surface area contributed by atoms with Crippen molar-refractivity contribution >= 4 is 11.4 Å². The molecule has 0 saturated carbocycles. The number of benzene rings is 1. The molecule has 2 heterocycles. The predicted octanol–water partition coefficient (Wildman–Crippen LogP) is 2.41. The predicted molar refractivity (Wildman–Crippen MR) is 83.8 cm³/mol. The second-order valence-corrected chi connectivity index (χ2v) is 5.25. The van der Waals surface area contributed by atoms with Gasteiger partial charge in [-0.25, -0.2) is 0 Å². The van der Waals surface area contributed by atoms with Crippen molar-refractivity contribution in [3.8, 4) is 11.4 Å². The van der Waals surface area contributed by atoms with Gasteiger partial charge in [-0.15, -0.1) is 0 Å². The molecule has 0 aliphatic heterocycles. The fraction of sp³-hybridized carbons (Fsp3) is 0.214. The number of aromatic nitrogens is 4. The lowest BCUT2D eigenvalue weighted by Gasteiger charge is -1.98. The monoisotopic (exact) mass is 344 g/mol. The maximum absolute atomic E-state index is 11.0. The van der Waals surface area contributed by atoms with Gasteiger partial charge in [0, 0.05) is 17.7 Å². The van der Waals surface area contributed by atoms with Gasteiger partial charge < -0.3 is 4.52 Å². The summed E-state index contributed by atoms with van der Waals surface area (Å²) >= 11 is 0. The van der Waals surface area contributed by atoms with E-state index in [0.717, 1.165) is 0 Å². The van der Waals surface area contributed by atoms with Gasteiger partial charge in [0.2, 0.25) is 11.7 Å². The number of rotatable bonds is 5. The summed E-state index contributed by atoms with van der Waals surface area (Å²) in [5.41, 5.74) is 1.16. The smallest absolute Gasteiger partial charge is 0.312 e. The molecule has 0 spiro atoms. The lowest BCUT2D eigenvalue weighted by Crippen LogP contribution is -2.04. The molecular formula is C14H12N6O5. The van der Waals surface area contributed by atoms with Crippen molar-refractivity contribution in [1.82, 2.24) is 19.9 Å². The topological polar surface area (TPSA) is 143 Å². The maximum atomic E-state index is 11.0. The van der Waals surface area contributed by atoms with E-state index in [1.165, 1.54) is 28.9 Å². The molecule has 3 aromatic rings. The Labute approximate surface area is 140 Å². The Kier molecular flexibility index (Phi) is 3.97. The quantitative estimate of drug-likeness (QED) is 0.507. The number of nitro groups is 2. The van der Waals surface area contributed by atoms with E-state index in [9.17, 15) is 20.2 Å². The van der Waals surface area contributed by atoms with Gasteiger partial charge in [0.1, 0.15) is 17.9 Å². The lowest BCUT2D eigenvalue weighted by atomic mass is 10.2. The van der Waals surface area contributed by atoms with Crippen molar-refractivity contribution in [2.24, 2.45) is 0 Å². The number of nitrogens with zero attached hydrogens (tertiary/aromatic N) is 6. The van der Waals surface area contributed by atoms with E-state index in [2.05, 4.69) is 15.2 Å². The summed E-state index contributed by atoms with van der Waals surface area (Å²) in [7, 11) is 0. The van der Waals surface area contributed by atoms with Crippen LogP contribution >= 0.6 is 0 Å². The highest BCUT2D eigenvalue weighted by atomic mass is 16.6. The Morgan fingerprint density at radius 3 is 2.36 bits per heavy atom. The first-order chi connectivity index (χ1) is 11.9. The molecule has 0 radical (unpaired) electrons. The van der Waals surface area contributed by atoms with E-state index in [-0.39, 0.29) is 29.6 Å². The molecule has 11 heteroatoms. The fourth-order valence-electron chi connectivity index (χ4n) is 2.40. The molecular weight excluding hydrogens is 332 g/mol. The number of hydrogen-bond donors (Lipinski definition) is 0. The van der Waals surface area contributed by atoms with Crippen LogP contribution in [0, 0.1) is 34.1 Å². The molecule has 2 aromatic heterocycles. The van der Waals surface area contributed by atoms with Crippen LogP contribution in [0.25, 0.3) is 11.4 Å². The van der Waals surface area contributed by atoms with Gasteiger partial charge in [-0.3, -0.25) is 24.9 Å². The number of aryl methyl sites for hydroxylation is 1. The lowest BCUT2D eigenvalue weighted by molar-refractivity contribution is -0.386. The molecule has 0 atom stereocenters. The van der Waals surface area contributed by atoms with Gasteiger partial charge >= 0.3 is 5.69 Å². The minimum absolute atomic E-state index is 0.0394. The summed E-state index contributed by atoms with van der Waals surface area (Å²) in [5, 5.41) is 29.6. The molecule has 0 bridgehead atoms. The van der Waals surface area contributed by atoms with Crippen molar-refractivity contribution in [3.63, 3.8) is 0 Å². The molecule has 128 valence electrons. The zero-order chi connectivity index (χ0) is 18.1. The standard InChI is InChI=1S/C14H12N6O5/c1-8-13(20(23)24)9(2)18(16-8)7-12-15-14(17-25-12)10-3-5-11(6-4-10)19(21)22/h3-6H,7H2,1-2H3. The fourth-order valence-corrected chi connectivity index (χ4v) is 2.40. The highest BCUT2D eigenvalue weighted by Crippen LogP contribution is 2.23. The van der Waals surface area contributed by atoms with Crippen molar-refractivity contribution in [1.29, 1.82) is 0 Å². The third-order valence-corrected chi connectivity index (χ3v) is 3.62. The van der Waals surface area contributed by atoms with Crippen molar-refractivity contribution in [2.75, 3.05) is 0 Å². The highest BCUT2D eigenvalue weighted by molar-refractivity contribution is 5.56. The molecule has 3 rings (SSSR count). The van der Waals surface area contributed by atoms with Gasteiger partial charge in [0.25, 0.3) is 5.69 Å². The van der Waals surface area contributed by atoms with Crippen LogP contribution in [-0.2, 0) is 6.54 Å². The SMILES string of the molecule is Cc1nn(Cc2nc(-c3ccc([N+](=O)[O-])cc3)no2)c(C)c1[N+](=O)[O-]. The van der Waals surface area contributed by atoms with Crippen LogP contribution in [0.5, 0.6) is 0 Å². The highest BCUT2D eigenvalue weighted by Gasteiger charge is 2.23. The van der Waals surface area contributed by atoms with Crippen LogP contribution < -0.4 is 0 Å². The summed E-state index contributed by atoms with van der Waals surface area (Å²) in [5.74, 6) is 0.481. The first-order valence-corrected chi connectivity index (χ1v) is 7.12. The maximum Gasteiger partial charge on any atom is 0.312 e. The van der Waals surface area contributed by atoms with Crippen LogP contribution in [0.15, 0.2) is 28.8 Å². The van der Waals surface area contributed by atoms with Gasteiger partial charge in [-0.2, -0.15) is 10.1 Å². The van der Waals surface area contributed by atoms with Crippen LogP contribution in [0.1, 0.15) is 17.3 Å². The van der Waals surface area contributed by atoms with Gasteiger partial charge in [-0.1, -0.05) is 5.16 Å². The minimum Gasteiger partial charge on any atom is -0.337 e. The van der Waals surface area contributed by atoms with Gasteiger partial charge in [-0.05, 0) is 26.0 Å². The summed E-state index contributed by atoms with van der Waals surface area (Å²) in [6.45, 7) is 3.23. The first-order valence-electron chi connectivity index (χ1n) is 7.12. The zero-order valence-electron chi connectivity index (χ0n) is 13.2. The van der Waals surface area contributed by atoms with Crippen LogP contribution in [-0.4, -0.2) is 29.8 Å². The van der Waals surface area contributed by atoms with E-state index in [0.29, 0.717) is 17.0 Å². The van der Waals surface area contributed by atoms with Crippen LogP contribution in [0.4, 0.5) is 11.4 Å². The number of nitro benzene ring substituents is 1. The van der Waals surface area contributed by atoms with Crippen molar-refractivity contribution in [2.45, 2.75) is 20.4 Å². The normalized spacial score (nSPS) is 10.8. The van der Waals surface area contributed by atoms with Crippen molar-refractivity contribution in [3.05, 3.63) is 61.8 Å². The van der Waals surface area contributed by atoms with E-state index in [1.54, 1.807) is 13.8 Å². The average molecular weight is 344 g/mol. The van der Waals surface area contributed by atoms with E-state index in [1.807, 2.05) is 0 Å². The molecule has 0 N–H and O–H groups in total. The molecule has 0 amide bonds. The molecule has 0 aliphatic carbocycles. The number of non-ortho nitro benzene ring substituents is 1. The Bertz CT molecular complexity index is 959. The Balaban J connectivity index is 1.84. The van der Waals surface area contributed by atoms with E-state index >= 15 is 0 Å². The third kappa shape index (κ3) is 3.06. The van der Waals surface area contributed by atoms with Crippen molar-refractivity contribution < 1.29 is 14.4 Å². The minimum atomic E-state index is -0.499. The Hall–Kier alpha value is -3.63. The van der Waals surface area contributed by atoms with Gasteiger partial charge in [0.05, 0.1) is 9.85 Å². The molecule has 11 nitrogen and oxygen atoms in total. The van der Waals surface area contributed by atoms with Crippen LogP contribution in [0.2, 0.25) is 0 Å². The molecule has 1 aromatic carbocycles. The number of hydrogen-bond acceptors (Lipinski definition) is 8. The Morgan fingerprint density at radius 2 is 1.80 bits per heavy atom. The zero-order valence-corrected chi connectivity index (χ0v) is 13.2. The van der Waals surface area contributed by atoms with Crippen LogP contribution in [0.3, 0.4) is 0 Å². The second-order valence-electron chi connectivity index (χ2n) is 5.25. The van der Waals surface area contributed by atoms with E-state index in [4.69, 9.17) is 4.52 Å². The molecule has 0 aliphatic rings. The largest absolute Gasteiger partial charge is 0.337 e. The summed E-state index contributed by atoms with van der Waals surface area (Å²) in [6, 6.07) is 5.72. The van der Waals surface area contributed by atoms with E-state index < -0.39 is 9.85 Å². The molecule has 0 unspecified atom stereocenters. The first kappa shape index (κ1) is 16.2. The Morgan fingerprint density at radius 1 is 1.12 bits per heavy atom. The molecule has 0 fully saturated rings. The molecule has 25 heavy (non-hydrogen) atoms. The average Bonchev–Trinajstić information content (AvgIpc) is 3.12. The second kappa shape index (κ2) is 6.11.